The van der Waals surface area contributed by atoms with Crippen molar-refractivity contribution in [2.45, 2.75) is 26.4 Å². The molecule has 1 heterocycles. The Labute approximate surface area is 136 Å². The molecule has 0 bridgehead atoms. The number of aryl methyl sites for hydroxylation is 1. The molecule has 1 N–H and O–H groups in total. The van der Waals surface area contributed by atoms with Gasteiger partial charge in [0.2, 0.25) is 11.0 Å². The highest BCUT2D eigenvalue weighted by Gasteiger charge is 2.10. The van der Waals surface area contributed by atoms with Gasteiger partial charge in [0.1, 0.15) is 11.6 Å². The molecule has 0 unspecified atom stereocenters. The van der Waals surface area contributed by atoms with E-state index in [-0.39, 0.29) is 25.4 Å². The third-order valence-electron chi connectivity index (χ3n) is 2.64. The Hall–Kier alpha value is -1.99. The number of hydrogen-bond acceptors (Lipinski definition) is 6. The number of benzene rings is 1. The Kier molecular flexibility index (Phi) is 5.85. The van der Waals surface area contributed by atoms with Crippen LogP contribution in [0.2, 0.25) is 5.02 Å². The summed E-state index contributed by atoms with van der Waals surface area (Å²) in [6, 6.07) is 7.00. The lowest BCUT2D eigenvalue weighted by atomic mass is 10.2. The number of ether oxygens (including phenoxy) is 1. The van der Waals surface area contributed by atoms with Gasteiger partial charge in [-0.1, -0.05) is 35.1 Å². The van der Waals surface area contributed by atoms with Gasteiger partial charge in [0.15, 0.2) is 0 Å². The van der Waals surface area contributed by atoms with Gasteiger partial charge in [-0.25, -0.2) is 0 Å². The molecule has 8 heteroatoms. The number of nitrogens with zero attached hydrogens (tertiary/aromatic N) is 2. The maximum Gasteiger partial charge on any atom is 0.306 e. The highest BCUT2D eigenvalue weighted by Crippen LogP contribution is 2.14. The maximum absolute atomic E-state index is 11.6. The zero-order valence-electron chi connectivity index (χ0n) is 11.8. The van der Waals surface area contributed by atoms with E-state index in [0.717, 1.165) is 10.6 Å². The van der Waals surface area contributed by atoms with Crippen molar-refractivity contribution < 1.29 is 14.3 Å². The van der Waals surface area contributed by atoms with Gasteiger partial charge in [-0.05, 0) is 24.6 Å². The molecule has 1 aromatic heterocycles. The Balaban J connectivity index is 1.68. The summed E-state index contributed by atoms with van der Waals surface area (Å²) in [5, 5.41) is 12.0. The molecule has 22 heavy (non-hydrogen) atoms. The molecule has 2 aromatic rings. The normalized spacial score (nSPS) is 10.3. The average molecular weight is 340 g/mol. The second-order valence-corrected chi connectivity index (χ2v) is 6.08. The molecule has 2 rings (SSSR count). The Morgan fingerprint density at radius 3 is 2.59 bits per heavy atom. The number of hydrogen-bond donors (Lipinski definition) is 1. The predicted molar refractivity (Wildman–Crippen MR) is 83.8 cm³/mol. The monoisotopic (exact) mass is 339 g/mol. The highest BCUT2D eigenvalue weighted by molar-refractivity contribution is 7.15. The van der Waals surface area contributed by atoms with E-state index in [9.17, 15) is 9.59 Å². The summed E-state index contributed by atoms with van der Waals surface area (Å²) in [7, 11) is 0. The molecule has 6 nitrogen and oxygen atoms in total. The number of esters is 1. The molecule has 0 spiro atoms. The van der Waals surface area contributed by atoms with Crippen molar-refractivity contribution in [2.24, 2.45) is 0 Å². The van der Waals surface area contributed by atoms with Gasteiger partial charge in [-0.3, -0.25) is 9.59 Å². The minimum Gasteiger partial charge on any atom is -0.461 e. The Morgan fingerprint density at radius 1 is 1.23 bits per heavy atom. The molecule has 1 amide bonds. The van der Waals surface area contributed by atoms with Gasteiger partial charge in [-0.2, -0.15) is 0 Å². The van der Waals surface area contributed by atoms with E-state index in [0.29, 0.717) is 10.2 Å². The molecule has 0 aliphatic carbocycles. The van der Waals surface area contributed by atoms with Crippen molar-refractivity contribution in [2.75, 3.05) is 5.32 Å². The lowest BCUT2D eigenvalue weighted by molar-refractivity contribution is -0.145. The molecule has 0 aliphatic heterocycles. The molecule has 1 aromatic carbocycles. The molecule has 0 fully saturated rings. The predicted octanol–water partition coefficient (Wildman–Crippen LogP) is 2.96. The number of nitrogens with one attached hydrogen (secondary N) is 1. The number of anilines is 1. The summed E-state index contributed by atoms with van der Waals surface area (Å²) < 4.78 is 5.09. The van der Waals surface area contributed by atoms with Crippen LogP contribution in [-0.2, 0) is 20.9 Å². The lowest BCUT2D eigenvalue weighted by Gasteiger charge is -2.05. The summed E-state index contributed by atoms with van der Waals surface area (Å²) in [6.45, 7) is 1.95. The third-order valence-corrected chi connectivity index (χ3v) is 3.65. The molecule has 0 saturated heterocycles. The smallest absolute Gasteiger partial charge is 0.306 e. The molecule has 0 saturated carbocycles. The lowest BCUT2D eigenvalue weighted by Crippen LogP contribution is -2.14. The fraction of sp³-hybridized carbons (Fsp3) is 0.286. The minimum atomic E-state index is -0.432. The van der Waals surface area contributed by atoms with E-state index < -0.39 is 5.97 Å². The number of amides is 1. The van der Waals surface area contributed by atoms with Gasteiger partial charge in [0, 0.05) is 11.4 Å². The Bertz CT molecular complexity index is 658. The van der Waals surface area contributed by atoms with Gasteiger partial charge in [0.25, 0.3) is 0 Å². The fourth-order valence-electron chi connectivity index (χ4n) is 1.56. The van der Waals surface area contributed by atoms with Crippen molar-refractivity contribution >= 4 is 39.9 Å². The van der Waals surface area contributed by atoms with Crippen LogP contribution in [0, 0.1) is 6.92 Å². The number of carbonyl (C=O) groups is 2. The van der Waals surface area contributed by atoms with E-state index in [2.05, 4.69) is 15.5 Å². The quantitative estimate of drug-likeness (QED) is 0.818. The van der Waals surface area contributed by atoms with Gasteiger partial charge < -0.3 is 10.1 Å². The summed E-state index contributed by atoms with van der Waals surface area (Å²) in [4.78, 5) is 23.2. The molecular weight excluding hydrogens is 326 g/mol. The largest absolute Gasteiger partial charge is 0.461 e. The van der Waals surface area contributed by atoms with Crippen LogP contribution in [0.15, 0.2) is 24.3 Å². The van der Waals surface area contributed by atoms with Crippen LogP contribution >= 0.6 is 22.9 Å². The van der Waals surface area contributed by atoms with Crippen molar-refractivity contribution in [1.29, 1.82) is 0 Å². The maximum atomic E-state index is 11.6. The molecule has 0 aliphatic rings. The van der Waals surface area contributed by atoms with Gasteiger partial charge >= 0.3 is 5.97 Å². The van der Waals surface area contributed by atoms with Gasteiger partial charge in [-0.15, -0.1) is 10.2 Å². The zero-order valence-corrected chi connectivity index (χ0v) is 13.4. The number of rotatable bonds is 6. The first-order valence-electron chi connectivity index (χ1n) is 6.53. The summed E-state index contributed by atoms with van der Waals surface area (Å²) in [5.74, 6) is -0.724. The number of halogens is 1. The van der Waals surface area contributed by atoms with Crippen molar-refractivity contribution in [3.63, 3.8) is 0 Å². The first kappa shape index (κ1) is 16.4. The summed E-state index contributed by atoms with van der Waals surface area (Å²) >= 11 is 7.04. The number of aromatic nitrogens is 2. The third kappa shape index (κ3) is 5.42. The molecular formula is C14H14ClN3O3S. The van der Waals surface area contributed by atoms with Crippen LogP contribution in [0.1, 0.15) is 23.4 Å². The van der Waals surface area contributed by atoms with E-state index in [1.165, 1.54) is 11.3 Å². The second kappa shape index (κ2) is 7.86. The Morgan fingerprint density at radius 2 is 1.95 bits per heavy atom. The zero-order chi connectivity index (χ0) is 15.9. The van der Waals surface area contributed by atoms with Crippen LogP contribution < -0.4 is 5.32 Å². The highest BCUT2D eigenvalue weighted by atomic mass is 35.5. The van der Waals surface area contributed by atoms with Gasteiger partial charge in [0.05, 0.1) is 6.42 Å². The van der Waals surface area contributed by atoms with Crippen molar-refractivity contribution in [1.82, 2.24) is 10.2 Å². The molecule has 0 atom stereocenters. The van der Waals surface area contributed by atoms with E-state index in [1.807, 2.05) is 0 Å². The van der Waals surface area contributed by atoms with Crippen LogP contribution in [0.25, 0.3) is 0 Å². The van der Waals surface area contributed by atoms with Crippen molar-refractivity contribution in [3.8, 4) is 0 Å². The van der Waals surface area contributed by atoms with Crippen LogP contribution in [0.5, 0.6) is 0 Å². The first-order valence-corrected chi connectivity index (χ1v) is 7.72. The molecule has 0 radical (unpaired) electrons. The molecule has 116 valence electrons. The van der Waals surface area contributed by atoms with Crippen LogP contribution in [-0.4, -0.2) is 22.1 Å². The summed E-state index contributed by atoms with van der Waals surface area (Å²) in [5.41, 5.74) is 0.839. The van der Waals surface area contributed by atoms with Crippen LogP contribution in [0.3, 0.4) is 0 Å². The standard InChI is InChI=1S/C14H14ClN3O3S/c1-9-17-18-14(22-9)16-12(19)6-7-13(20)21-8-10-2-4-11(15)5-3-10/h2-5H,6-8H2,1H3,(H,16,18,19). The van der Waals surface area contributed by atoms with E-state index in [4.69, 9.17) is 16.3 Å². The first-order chi connectivity index (χ1) is 10.5. The topological polar surface area (TPSA) is 81.2 Å². The van der Waals surface area contributed by atoms with E-state index >= 15 is 0 Å². The van der Waals surface area contributed by atoms with Crippen molar-refractivity contribution in [3.05, 3.63) is 39.9 Å². The van der Waals surface area contributed by atoms with E-state index in [1.54, 1.807) is 31.2 Å². The van der Waals surface area contributed by atoms with Crippen LogP contribution in [0.4, 0.5) is 5.13 Å². The average Bonchev–Trinajstić information content (AvgIpc) is 2.89. The fourth-order valence-corrected chi connectivity index (χ4v) is 2.30. The summed E-state index contributed by atoms with van der Waals surface area (Å²) in [6.07, 6.45) is 0.0509. The SMILES string of the molecule is Cc1nnc(NC(=O)CCC(=O)OCc2ccc(Cl)cc2)s1. The minimum absolute atomic E-state index is 0.0111. The second-order valence-electron chi connectivity index (χ2n) is 4.46. The number of carbonyl (C=O) groups excluding carboxylic acids is 2.